The van der Waals surface area contributed by atoms with E-state index in [1.807, 2.05) is 13.8 Å². The molecule has 1 N–H and O–H groups in total. The highest BCUT2D eigenvalue weighted by Gasteiger charge is 2.22. The molecule has 134 valence electrons. The van der Waals surface area contributed by atoms with Crippen molar-refractivity contribution < 1.29 is 13.2 Å². The zero-order valence-electron chi connectivity index (χ0n) is 14.2. The first-order chi connectivity index (χ1) is 11.7. The molecule has 0 fully saturated rings. The van der Waals surface area contributed by atoms with Crippen molar-refractivity contribution in [2.24, 2.45) is 0 Å². The Morgan fingerprint density at radius 3 is 2.44 bits per heavy atom. The van der Waals surface area contributed by atoms with Gasteiger partial charge >= 0.3 is 0 Å². The number of nitrogens with zero attached hydrogens (tertiary/aromatic N) is 2. The predicted molar refractivity (Wildman–Crippen MR) is 96.9 cm³/mol. The number of hydrogen-bond acceptors (Lipinski definition) is 4. The molecule has 1 amide bonds. The van der Waals surface area contributed by atoms with Crippen LogP contribution < -0.4 is 5.32 Å². The number of rotatable bonds is 6. The number of benzene rings is 1. The molecule has 1 heterocycles. The second kappa shape index (κ2) is 7.95. The third-order valence-corrected chi connectivity index (χ3v) is 6.13. The van der Waals surface area contributed by atoms with Crippen LogP contribution in [0.2, 0.25) is 5.15 Å². The average molecular weight is 382 g/mol. The molecule has 25 heavy (non-hydrogen) atoms. The number of sulfonamides is 1. The van der Waals surface area contributed by atoms with E-state index in [-0.39, 0.29) is 28.5 Å². The van der Waals surface area contributed by atoms with Gasteiger partial charge < -0.3 is 5.32 Å². The summed E-state index contributed by atoms with van der Waals surface area (Å²) in [7, 11) is -1.97. The maximum Gasteiger partial charge on any atom is 0.254 e. The van der Waals surface area contributed by atoms with E-state index in [1.165, 1.54) is 22.6 Å². The molecule has 0 saturated heterocycles. The average Bonchev–Trinajstić information content (AvgIpc) is 2.59. The molecule has 8 heteroatoms. The normalized spacial score (nSPS) is 11.8. The van der Waals surface area contributed by atoms with Crippen molar-refractivity contribution in [1.82, 2.24) is 14.6 Å². The third kappa shape index (κ3) is 4.56. The van der Waals surface area contributed by atoms with Crippen molar-refractivity contribution in [1.29, 1.82) is 0 Å². The van der Waals surface area contributed by atoms with E-state index in [1.54, 1.807) is 31.3 Å². The fourth-order valence-corrected chi connectivity index (χ4v) is 3.63. The summed E-state index contributed by atoms with van der Waals surface area (Å²) in [6.07, 6.45) is 1.51. The van der Waals surface area contributed by atoms with Gasteiger partial charge in [0.1, 0.15) is 5.15 Å². The Labute approximate surface area is 152 Å². The van der Waals surface area contributed by atoms with Crippen molar-refractivity contribution in [3.8, 4) is 0 Å². The topological polar surface area (TPSA) is 79.4 Å². The molecule has 0 saturated carbocycles. The highest BCUT2D eigenvalue weighted by molar-refractivity contribution is 7.89. The molecule has 2 aromatic rings. The quantitative estimate of drug-likeness (QED) is 0.780. The molecule has 1 aromatic carbocycles. The first kappa shape index (κ1) is 19.4. The summed E-state index contributed by atoms with van der Waals surface area (Å²) in [6.45, 7) is 3.88. The lowest BCUT2D eigenvalue weighted by molar-refractivity contribution is 0.0950. The van der Waals surface area contributed by atoms with Gasteiger partial charge in [0.15, 0.2) is 0 Å². The van der Waals surface area contributed by atoms with Gasteiger partial charge in [0.25, 0.3) is 5.91 Å². The number of aromatic nitrogens is 1. The summed E-state index contributed by atoms with van der Waals surface area (Å²) < 4.78 is 26.1. The van der Waals surface area contributed by atoms with Crippen molar-refractivity contribution in [2.75, 3.05) is 7.05 Å². The molecule has 0 spiro atoms. The van der Waals surface area contributed by atoms with Crippen LogP contribution in [-0.4, -0.2) is 36.7 Å². The van der Waals surface area contributed by atoms with Crippen LogP contribution in [0, 0.1) is 0 Å². The highest BCUT2D eigenvalue weighted by Crippen LogP contribution is 2.17. The molecule has 0 bridgehead atoms. The van der Waals surface area contributed by atoms with Gasteiger partial charge in [-0.1, -0.05) is 23.7 Å². The number of amides is 1. The molecule has 2 rings (SSSR count). The van der Waals surface area contributed by atoms with Gasteiger partial charge in [0.05, 0.1) is 10.5 Å². The van der Waals surface area contributed by atoms with Gasteiger partial charge in [-0.2, -0.15) is 4.31 Å². The first-order valence-electron chi connectivity index (χ1n) is 7.69. The summed E-state index contributed by atoms with van der Waals surface area (Å²) in [6, 6.07) is 9.50. The standard InChI is InChI=1S/C17H20ClN3O3S/c1-12(2)21(3)25(23,24)14-8-6-13(7-9-14)11-20-17(22)15-5-4-10-19-16(15)18/h4-10,12H,11H2,1-3H3,(H,20,22). The van der Waals surface area contributed by atoms with Crippen LogP contribution in [-0.2, 0) is 16.6 Å². The van der Waals surface area contributed by atoms with E-state index in [2.05, 4.69) is 10.3 Å². The molecular formula is C17H20ClN3O3S. The zero-order valence-corrected chi connectivity index (χ0v) is 15.8. The molecule has 0 aliphatic rings. The summed E-state index contributed by atoms with van der Waals surface area (Å²) in [4.78, 5) is 16.2. The molecular weight excluding hydrogens is 362 g/mol. The Kier molecular flexibility index (Phi) is 6.16. The van der Waals surface area contributed by atoms with Gasteiger partial charge in [0, 0.05) is 25.8 Å². The van der Waals surface area contributed by atoms with Crippen LogP contribution in [0.4, 0.5) is 0 Å². The van der Waals surface area contributed by atoms with E-state index in [9.17, 15) is 13.2 Å². The summed E-state index contributed by atoms with van der Waals surface area (Å²) in [5.74, 6) is -0.339. The van der Waals surface area contributed by atoms with Crippen LogP contribution in [0.5, 0.6) is 0 Å². The second-order valence-corrected chi connectivity index (χ2v) is 8.14. The Hall–Kier alpha value is -1.96. The summed E-state index contributed by atoms with van der Waals surface area (Å²) in [5, 5.41) is 2.87. The number of halogens is 1. The number of nitrogens with one attached hydrogen (secondary N) is 1. The molecule has 0 atom stereocenters. The van der Waals surface area contributed by atoms with Gasteiger partial charge in [-0.05, 0) is 43.7 Å². The molecule has 6 nitrogen and oxygen atoms in total. The fourth-order valence-electron chi connectivity index (χ4n) is 2.06. The predicted octanol–water partition coefficient (Wildman–Crippen LogP) is 2.69. The van der Waals surface area contributed by atoms with Gasteiger partial charge in [-0.3, -0.25) is 4.79 Å². The van der Waals surface area contributed by atoms with Crippen LogP contribution in [0.1, 0.15) is 29.8 Å². The fraction of sp³-hybridized carbons (Fsp3) is 0.294. The minimum atomic E-state index is -3.51. The number of carbonyl (C=O) groups is 1. The lowest BCUT2D eigenvalue weighted by atomic mass is 10.2. The van der Waals surface area contributed by atoms with Crippen molar-refractivity contribution in [3.05, 3.63) is 58.9 Å². The van der Waals surface area contributed by atoms with E-state index < -0.39 is 10.0 Å². The third-order valence-electron chi connectivity index (χ3n) is 3.78. The monoisotopic (exact) mass is 381 g/mol. The van der Waals surface area contributed by atoms with Crippen molar-refractivity contribution in [2.45, 2.75) is 31.3 Å². The van der Waals surface area contributed by atoms with Gasteiger partial charge in [-0.15, -0.1) is 0 Å². The van der Waals surface area contributed by atoms with E-state index in [4.69, 9.17) is 11.6 Å². The zero-order chi connectivity index (χ0) is 18.6. The maximum absolute atomic E-state index is 12.4. The lowest BCUT2D eigenvalue weighted by Crippen LogP contribution is -2.33. The minimum Gasteiger partial charge on any atom is -0.348 e. The molecule has 0 aliphatic carbocycles. The van der Waals surface area contributed by atoms with Gasteiger partial charge in [0.2, 0.25) is 10.0 Å². The molecule has 0 radical (unpaired) electrons. The summed E-state index contributed by atoms with van der Waals surface area (Å²) in [5.41, 5.74) is 1.07. The first-order valence-corrected chi connectivity index (χ1v) is 9.51. The largest absolute Gasteiger partial charge is 0.348 e. The van der Waals surface area contributed by atoms with E-state index in [0.29, 0.717) is 5.56 Å². The molecule has 0 unspecified atom stereocenters. The Morgan fingerprint density at radius 1 is 1.24 bits per heavy atom. The van der Waals surface area contributed by atoms with Crippen LogP contribution in [0.25, 0.3) is 0 Å². The SMILES string of the molecule is CC(C)N(C)S(=O)(=O)c1ccc(CNC(=O)c2cccnc2Cl)cc1. The second-order valence-electron chi connectivity index (χ2n) is 5.78. The maximum atomic E-state index is 12.4. The van der Waals surface area contributed by atoms with Crippen LogP contribution in [0.15, 0.2) is 47.5 Å². The Morgan fingerprint density at radius 2 is 1.88 bits per heavy atom. The molecule has 1 aromatic heterocycles. The van der Waals surface area contributed by atoms with Crippen molar-refractivity contribution in [3.63, 3.8) is 0 Å². The van der Waals surface area contributed by atoms with Gasteiger partial charge in [-0.25, -0.2) is 13.4 Å². The minimum absolute atomic E-state index is 0.131. The van der Waals surface area contributed by atoms with Crippen molar-refractivity contribution >= 4 is 27.5 Å². The summed E-state index contributed by atoms with van der Waals surface area (Å²) >= 11 is 5.88. The number of carbonyl (C=O) groups excluding carboxylic acids is 1. The smallest absolute Gasteiger partial charge is 0.254 e. The Bertz CT molecular complexity index is 852. The van der Waals surface area contributed by atoms with Crippen LogP contribution >= 0.6 is 11.6 Å². The Balaban J connectivity index is 2.06. The van der Waals surface area contributed by atoms with E-state index in [0.717, 1.165) is 5.56 Å². The van der Waals surface area contributed by atoms with Crippen LogP contribution in [0.3, 0.4) is 0 Å². The van der Waals surface area contributed by atoms with E-state index >= 15 is 0 Å². The molecule has 0 aliphatic heterocycles. The number of pyridine rings is 1. The highest BCUT2D eigenvalue weighted by atomic mass is 35.5. The number of hydrogen-bond donors (Lipinski definition) is 1. The lowest BCUT2D eigenvalue weighted by Gasteiger charge is -2.21.